The number of aliphatic hydroxyl groups is 1. The van der Waals surface area contributed by atoms with E-state index < -0.39 is 11.5 Å². The maximum Gasteiger partial charge on any atom is 0.218 e. The fourth-order valence-electron chi connectivity index (χ4n) is 3.33. The maximum absolute atomic E-state index is 13.9. The van der Waals surface area contributed by atoms with Gasteiger partial charge < -0.3 is 14.6 Å². The molecular weight excluding hydrogens is 323 g/mol. The monoisotopic (exact) mass is 346 g/mol. The molecule has 6 heteroatoms. The van der Waals surface area contributed by atoms with Gasteiger partial charge in [0.25, 0.3) is 0 Å². The van der Waals surface area contributed by atoms with Gasteiger partial charge in [0.2, 0.25) is 5.95 Å². The van der Waals surface area contributed by atoms with E-state index in [0.29, 0.717) is 32.5 Å². The summed E-state index contributed by atoms with van der Waals surface area (Å²) < 4.78 is 24.6. The fraction of sp³-hybridized carbons (Fsp3) is 0.421. The molecular formula is C19H23FN2O3. The van der Waals surface area contributed by atoms with Crippen molar-refractivity contribution in [2.75, 3.05) is 27.3 Å². The van der Waals surface area contributed by atoms with Crippen molar-refractivity contribution in [2.24, 2.45) is 0 Å². The second kappa shape index (κ2) is 7.37. The number of likely N-dealkylation sites (tertiary alicyclic amines) is 1. The summed E-state index contributed by atoms with van der Waals surface area (Å²) in [5, 5.41) is 10.8. The zero-order valence-electron chi connectivity index (χ0n) is 14.5. The minimum atomic E-state index is -1.16. The number of pyridine rings is 1. The van der Waals surface area contributed by atoms with Gasteiger partial charge in [0.05, 0.1) is 19.8 Å². The van der Waals surface area contributed by atoms with Gasteiger partial charge in [-0.1, -0.05) is 6.07 Å². The average molecular weight is 346 g/mol. The zero-order chi connectivity index (χ0) is 17.9. The number of hydrogen-bond acceptors (Lipinski definition) is 5. The van der Waals surface area contributed by atoms with Gasteiger partial charge >= 0.3 is 0 Å². The number of rotatable bonds is 5. The third-order valence-electron chi connectivity index (χ3n) is 4.83. The summed E-state index contributed by atoms with van der Waals surface area (Å²) in [6.07, 6.45) is 2.32. The Morgan fingerprint density at radius 3 is 2.60 bits per heavy atom. The van der Waals surface area contributed by atoms with Crippen LogP contribution in [0.4, 0.5) is 4.39 Å². The van der Waals surface area contributed by atoms with E-state index in [0.717, 1.165) is 17.1 Å². The number of benzene rings is 1. The molecule has 1 aromatic carbocycles. The summed E-state index contributed by atoms with van der Waals surface area (Å²) in [6.45, 7) is 2.00. The number of piperidine rings is 1. The van der Waals surface area contributed by atoms with Crippen LogP contribution in [0.3, 0.4) is 0 Å². The number of halogens is 1. The van der Waals surface area contributed by atoms with Crippen molar-refractivity contribution in [2.45, 2.75) is 25.0 Å². The summed E-state index contributed by atoms with van der Waals surface area (Å²) in [4.78, 5) is 5.88. The Labute approximate surface area is 147 Å². The molecule has 1 N–H and O–H groups in total. The van der Waals surface area contributed by atoms with E-state index >= 15 is 0 Å². The van der Waals surface area contributed by atoms with E-state index in [1.165, 1.54) is 6.20 Å². The number of methoxy groups -OCH3 is 2. The Balaban J connectivity index is 1.70. The molecule has 1 saturated heterocycles. The normalized spacial score (nSPS) is 17.3. The molecule has 0 radical (unpaired) electrons. The minimum absolute atomic E-state index is 0.286. The van der Waals surface area contributed by atoms with Crippen LogP contribution in [0.2, 0.25) is 0 Å². The lowest BCUT2D eigenvalue weighted by Crippen LogP contribution is -2.42. The quantitative estimate of drug-likeness (QED) is 0.844. The standard InChI is InChI=1S/C19H23FN2O3/c1-24-15-5-6-17(25-2)14(12-15)13-22-10-7-19(23,8-11-22)16-4-3-9-21-18(16)20/h3-6,9,12,23H,7-8,10-11,13H2,1-2H3. The SMILES string of the molecule is COc1ccc(OC)c(CN2CCC(O)(c3cccnc3F)CC2)c1. The molecule has 1 aliphatic heterocycles. The Kier molecular flexibility index (Phi) is 5.20. The van der Waals surface area contributed by atoms with Crippen molar-refractivity contribution >= 4 is 0 Å². The van der Waals surface area contributed by atoms with Gasteiger partial charge in [-0.05, 0) is 37.1 Å². The molecule has 2 heterocycles. The van der Waals surface area contributed by atoms with Gasteiger partial charge in [0.15, 0.2) is 0 Å². The van der Waals surface area contributed by atoms with Crippen LogP contribution in [0.5, 0.6) is 11.5 Å². The molecule has 0 unspecified atom stereocenters. The zero-order valence-corrected chi connectivity index (χ0v) is 14.5. The lowest BCUT2D eigenvalue weighted by molar-refractivity contribution is -0.0309. The molecule has 1 aromatic heterocycles. The van der Waals surface area contributed by atoms with Crippen molar-refractivity contribution in [3.8, 4) is 11.5 Å². The third-order valence-corrected chi connectivity index (χ3v) is 4.83. The lowest BCUT2D eigenvalue weighted by atomic mass is 9.85. The molecule has 134 valence electrons. The number of nitrogens with zero attached hydrogens (tertiary/aromatic N) is 2. The summed E-state index contributed by atoms with van der Waals surface area (Å²) in [5.41, 5.74) is 0.154. The van der Waals surface area contributed by atoms with Crippen molar-refractivity contribution in [3.63, 3.8) is 0 Å². The van der Waals surface area contributed by atoms with Crippen LogP contribution < -0.4 is 9.47 Å². The largest absolute Gasteiger partial charge is 0.497 e. The summed E-state index contributed by atoms with van der Waals surface area (Å²) in [7, 11) is 3.28. The molecule has 0 aliphatic carbocycles. The Hall–Kier alpha value is -2.18. The van der Waals surface area contributed by atoms with E-state index in [2.05, 4.69) is 9.88 Å². The molecule has 0 atom stereocenters. The van der Waals surface area contributed by atoms with E-state index in [1.54, 1.807) is 26.4 Å². The summed E-state index contributed by atoms with van der Waals surface area (Å²) in [6, 6.07) is 8.98. The first-order chi connectivity index (χ1) is 12.1. The van der Waals surface area contributed by atoms with Crippen molar-refractivity contribution in [1.82, 2.24) is 9.88 Å². The summed E-state index contributed by atoms with van der Waals surface area (Å²) >= 11 is 0. The molecule has 1 aliphatic rings. The van der Waals surface area contributed by atoms with Crippen LogP contribution in [0.15, 0.2) is 36.5 Å². The first-order valence-corrected chi connectivity index (χ1v) is 8.32. The van der Waals surface area contributed by atoms with E-state index in [9.17, 15) is 9.50 Å². The summed E-state index contributed by atoms with van der Waals surface area (Å²) in [5.74, 6) is 0.995. The lowest BCUT2D eigenvalue weighted by Gasteiger charge is -2.38. The van der Waals surface area contributed by atoms with Crippen molar-refractivity contribution < 1.29 is 19.0 Å². The van der Waals surface area contributed by atoms with Crippen LogP contribution in [0, 0.1) is 5.95 Å². The van der Waals surface area contributed by atoms with Gasteiger partial charge in [-0.3, -0.25) is 4.90 Å². The molecule has 0 spiro atoms. The molecule has 2 aromatic rings. The van der Waals surface area contributed by atoms with E-state index in [4.69, 9.17) is 9.47 Å². The van der Waals surface area contributed by atoms with Crippen LogP contribution >= 0.6 is 0 Å². The highest BCUT2D eigenvalue weighted by molar-refractivity contribution is 5.40. The second-order valence-corrected chi connectivity index (χ2v) is 6.33. The second-order valence-electron chi connectivity index (χ2n) is 6.33. The van der Waals surface area contributed by atoms with Gasteiger partial charge in [-0.2, -0.15) is 4.39 Å². The fourth-order valence-corrected chi connectivity index (χ4v) is 3.33. The van der Waals surface area contributed by atoms with Crippen molar-refractivity contribution in [1.29, 1.82) is 0 Å². The van der Waals surface area contributed by atoms with Gasteiger partial charge in [0, 0.05) is 37.0 Å². The average Bonchev–Trinajstić information content (AvgIpc) is 2.64. The van der Waals surface area contributed by atoms with Gasteiger partial charge in [-0.25, -0.2) is 4.98 Å². The maximum atomic E-state index is 13.9. The van der Waals surface area contributed by atoms with Crippen LogP contribution in [-0.4, -0.2) is 42.3 Å². The molecule has 5 nitrogen and oxygen atoms in total. The smallest absolute Gasteiger partial charge is 0.218 e. The molecule has 0 bridgehead atoms. The van der Waals surface area contributed by atoms with Crippen LogP contribution in [0.1, 0.15) is 24.0 Å². The highest BCUT2D eigenvalue weighted by atomic mass is 19.1. The molecule has 0 saturated carbocycles. The Morgan fingerprint density at radius 2 is 1.96 bits per heavy atom. The Bertz CT molecular complexity index is 730. The van der Waals surface area contributed by atoms with Gasteiger partial charge in [-0.15, -0.1) is 0 Å². The first kappa shape index (κ1) is 17.6. The molecule has 25 heavy (non-hydrogen) atoms. The van der Waals surface area contributed by atoms with E-state index in [1.807, 2.05) is 18.2 Å². The van der Waals surface area contributed by atoms with E-state index in [-0.39, 0.29) is 5.56 Å². The highest BCUT2D eigenvalue weighted by Crippen LogP contribution is 2.35. The first-order valence-electron chi connectivity index (χ1n) is 8.32. The number of aromatic nitrogens is 1. The Morgan fingerprint density at radius 1 is 1.20 bits per heavy atom. The number of ether oxygens (including phenoxy) is 2. The van der Waals surface area contributed by atoms with Crippen molar-refractivity contribution in [3.05, 3.63) is 53.6 Å². The predicted octanol–water partition coefficient (Wildman–Crippen LogP) is 2.72. The molecule has 0 amide bonds. The van der Waals surface area contributed by atoms with Gasteiger partial charge in [0.1, 0.15) is 11.5 Å². The van der Waals surface area contributed by atoms with Crippen LogP contribution in [0.25, 0.3) is 0 Å². The molecule has 1 fully saturated rings. The topological polar surface area (TPSA) is 54.8 Å². The van der Waals surface area contributed by atoms with Crippen LogP contribution in [-0.2, 0) is 12.1 Å². The minimum Gasteiger partial charge on any atom is -0.497 e. The third kappa shape index (κ3) is 3.75. The highest BCUT2D eigenvalue weighted by Gasteiger charge is 2.36. The number of hydrogen-bond donors (Lipinski definition) is 1. The predicted molar refractivity (Wildman–Crippen MR) is 92.1 cm³/mol. The molecule has 3 rings (SSSR count).